The second-order valence-electron chi connectivity index (χ2n) is 13.9. The van der Waals surface area contributed by atoms with Gasteiger partial charge < -0.3 is 44.7 Å². The van der Waals surface area contributed by atoms with Gasteiger partial charge in [-0.05, 0) is 66.5 Å². The summed E-state index contributed by atoms with van der Waals surface area (Å²) in [4.78, 5) is 41.5. The Labute approximate surface area is 330 Å². The van der Waals surface area contributed by atoms with Crippen LogP contribution in [0.3, 0.4) is 0 Å². The smallest absolute Gasteiger partial charge is 0.305 e. The zero-order valence-corrected chi connectivity index (χ0v) is 33.0. The number of anilines is 1. The van der Waals surface area contributed by atoms with Gasteiger partial charge in [-0.25, -0.2) is 4.98 Å². The molecule has 1 aromatic heterocycles. The number of rotatable bonds is 27. The van der Waals surface area contributed by atoms with Crippen molar-refractivity contribution in [2.75, 3.05) is 77.9 Å². The van der Waals surface area contributed by atoms with Crippen molar-refractivity contribution in [2.45, 2.75) is 58.9 Å². The molecule has 0 saturated carbocycles. The number of nitrogens with zero attached hydrogens (tertiary/aromatic N) is 1. The van der Waals surface area contributed by atoms with Gasteiger partial charge in [0.2, 0.25) is 11.8 Å². The maximum atomic E-state index is 12.9. The molecule has 0 radical (unpaired) electrons. The molecule has 0 spiro atoms. The van der Waals surface area contributed by atoms with E-state index >= 15 is 0 Å². The number of benzene rings is 2. The highest BCUT2D eigenvalue weighted by atomic mass is 16.6. The molecule has 2 amide bonds. The van der Waals surface area contributed by atoms with Gasteiger partial charge in [0.15, 0.2) is 0 Å². The van der Waals surface area contributed by atoms with E-state index in [0.717, 1.165) is 52.1 Å². The van der Waals surface area contributed by atoms with Gasteiger partial charge >= 0.3 is 5.97 Å². The lowest BCUT2D eigenvalue weighted by molar-refractivity contribution is -0.138. The van der Waals surface area contributed by atoms with Crippen LogP contribution in [0.1, 0.15) is 57.1 Å². The Morgan fingerprint density at radius 2 is 1.55 bits per heavy atom. The molecule has 4 rings (SSSR count). The monoisotopic (exact) mass is 774 g/mol. The van der Waals surface area contributed by atoms with Gasteiger partial charge in [-0.1, -0.05) is 62.4 Å². The molecule has 4 N–H and O–H groups in total. The van der Waals surface area contributed by atoms with Crippen LogP contribution in [0, 0.1) is 12.3 Å². The summed E-state index contributed by atoms with van der Waals surface area (Å²) in [7, 11) is 0. The average molecular weight is 775 g/mol. The highest BCUT2D eigenvalue weighted by Crippen LogP contribution is 2.40. The molecular formula is C43H58N4O9. The fourth-order valence-electron chi connectivity index (χ4n) is 6.20. The number of hydrogen-bond acceptors (Lipinski definition) is 10. The van der Waals surface area contributed by atoms with E-state index in [9.17, 15) is 19.5 Å². The summed E-state index contributed by atoms with van der Waals surface area (Å²) in [6.07, 6.45) is 9.79. The fraction of sp³-hybridized carbons (Fsp3) is 0.488. The van der Waals surface area contributed by atoms with E-state index in [-0.39, 0.29) is 25.3 Å². The lowest BCUT2D eigenvalue weighted by Gasteiger charge is -2.36. The molecule has 13 heteroatoms. The van der Waals surface area contributed by atoms with Gasteiger partial charge in [0, 0.05) is 42.6 Å². The van der Waals surface area contributed by atoms with Crippen LogP contribution in [0.25, 0.3) is 16.3 Å². The van der Waals surface area contributed by atoms with Crippen LogP contribution in [0.5, 0.6) is 5.75 Å². The van der Waals surface area contributed by atoms with Crippen LogP contribution in [-0.4, -0.2) is 106 Å². The number of hydrogen-bond donors (Lipinski definition) is 4. The molecule has 3 aromatic rings. The van der Waals surface area contributed by atoms with Crippen LogP contribution in [0.4, 0.5) is 5.82 Å². The molecule has 0 fully saturated rings. The van der Waals surface area contributed by atoms with Gasteiger partial charge in [-0.15, -0.1) is 0 Å². The van der Waals surface area contributed by atoms with Crippen LogP contribution in [0.2, 0.25) is 0 Å². The lowest BCUT2D eigenvalue weighted by atomic mass is 9.73. The minimum absolute atomic E-state index is 0.235. The number of ether oxygens (including phenoxy) is 5. The van der Waals surface area contributed by atoms with Crippen molar-refractivity contribution in [1.82, 2.24) is 15.6 Å². The number of nitrogens with one attached hydrogen (secondary N) is 3. The molecule has 0 saturated heterocycles. The number of allylic oxidation sites excluding steroid dienone is 3. The predicted octanol–water partition coefficient (Wildman–Crippen LogP) is 5.72. The van der Waals surface area contributed by atoms with Gasteiger partial charge in [0.1, 0.15) is 18.2 Å². The van der Waals surface area contributed by atoms with Crippen LogP contribution < -0.4 is 20.7 Å². The Kier molecular flexibility index (Phi) is 18.8. The van der Waals surface area contributed by atoms with Crippen molar-refractivity contribution in [3.8, 4) is 5.75 Å². The molecular weight excluding hydrogens is 716 g/mol. The Morgan fingerprint density at radius 3 is 2.20 bits per heavy atom. The Morgan fingerprint density at radius 1 is 0.875 bits per heavy atom. The Balaban J connectivity index is 1.22. The first kappa shape index (κ1) is 43.9. The molecule has 56 heavy (non-hydrogen) atoms. The number of pyridine rings is 1. The van der Waals surface area contributed by atoms with E-state index in [1.165, 1.54) is 0 Å². The number of fused-ring (bicyclic) bond motifs is 1. The van der Waals surface area contributed by atoms with Crippen LogP contribution >= 0.6 is 0 Å². The normalized spacial score (nSPS) is 15.6. The number of aliphatic carboxylic acids is 1. The van der Waals surface area contributed by atoms with Crippen LogP contribution in [0.15, 0.2) is 73.0 Å². The number of aryl methyl sites for hydroxylation is 1. The largest absolute Gasteiger partial charge is 0.491 e. The number of aromatic nitrogens is 1. The van der Waals surface area contributed by atoms with Gasteiger partial charge in [-0.2, -0.15) is 0 Å². The molecule has 304 valence electrons. The number of carboxylic acid groups (broad SMARTS) is 1. The SMILES string of the molecule is CCCOCCOCCOCCOCCOc1ccc(C2=CCC(C)([C@H](CC(=O)O)NC(=O)CNC(=O)CCCNc3cc(C)ccn3)C=C2)c2ccccc12. The molecule has 2 aromatic carbocycles. The maximum Gasteiger partial charge on any atom is 0.305 e. The number of amides is 2. The molecule has 1 heterocycles. The quantitative estimate of drug-likeness (QED) is 0.0701. The first-order chi connectivity index (χ1) is 27.2. The molecule has 0 bridgehead atoms. The average Bonchev–Trinajstić information content (AvgIpc) is 3.19. The van der Waals surface area contributed by atoms with E-state index in [2.05, 4.69) is 40.0 Å². The van der Waals surface area contributed by atoms with Crippen LogP contribution in [-0.2, 0) is 33.3 Å². The maximum absolute atomic E-state index is 12.9. The number of carboxylic acids is 1. The molecule has 1 aliphatic carbocycles. The zero-order chi connectivity index (χ0) is 40.0. The van der Waals surface area contributed by atoms with Crippen molar-refractivity contribution in [1.29, 1.82) is 0 Å². The Bertz CT molecular complexity index is 1760. The third-order valence-electron chi connectivity index (χ3n) is 9.31. The number of carbonyl (C=O) groups is 3. The summed E-state index contributed by atoms with van der Waals surface area (Å²) in [5.41, 5.74) is 2.43. The number of carbonyl (C=O) groups excluding carboxylic acids is 2. The third kappa shape index (κ3) is 15.0. The summed E-state index contributed by atoms with van der Waals surface area (Å²) in [5, 5.41) is 20.4. The summed E-state index contributed by atoms with van der Waals surface area (Å²) in [5.74, 6) is -0.227. The van der Waals surface area contributed by atoms with E-state index in [4.69, 9.17) is 23.7 Å². The van der Waals surface area contributed by atoms with E-state index in [0.29, 0.717) is 72.2 Å². The summed E-state index contributed by atoms with van der Waals surface area (Å²) in [6, 6.07) is 15.2. The third-order valence-corrected chi connectivity index (χ3v) is 9.31. The Hall–Kier alpha value is -4.82. The van der Waals surface area contributed by atoms with Gasteiger partial charge in [0.25, 0.3) is 0 Å². The predicted molar refractivity (Wildman–Crippen MR) is 217 cm³/mol. The standard InChI is InChI=1S/C43H58N4O9/c1-4-20-52-21-22-53-23-24-54-25-26-55-27-28-56-37-12-11-34(35-8-5-6-9-36(35)37)33-13-16-43(3,17-14-33)38(30-42(50)51)47-41(49)31-46-40(48)10-7-18-44-39-29-32(2)15-19-45-39/h5-6,8-9,11-16,19,29,38H,4,7,10,17-18,20-28,30-31H2,1-3H3,(H,44,45)(H,46,48)(H,47,49)(H,50,51)/t38-,43?/m0/s1. The molecule has 1 aliphatic rings. The summed E-state index contributed by atoms with van der Waals surface area (Å²) < 4.78 is 28.2. The molecule has 2 atom stereocenters. The van der Waals surface area contributed by atoms with E-state index in [1.54, 1.807) is 6.20 Å². The zero-order valence-electron chi connectivity index (χ0n) is 33.0. The van der Waals surface area contributed by atoms with Gasteiger partial charge in [-0.3, -0.25) is 14.4 Å². The lowest BCUT2D eigenvalue weighted by Crippen LogP contribution is -2.50. The topological polar surface area (TPSA) is 167 Å². The van der Waals surface area contributed by atoms with Crippen molar-refractivity contribution in [2.24, 2.45) is 5.41 Å². The molecule has 13 nitrogen and oxygen atoms in total. The first-order valence-electron chi connectivity index (χ1n) is 19.5. The highest BCUT2D eigenvalue weighted by Gasteiger charge is 2.35. The minimum Gasteiger partial charge on any atom is -0.491 e. The highest BCUT2D eigenvalue weighted by molar-refractivity contribution is 5.99. The molecule has 1 unspecified atom stereocenters. The van der Waals surface area contributed by atoms with E-state index in [1.807, 2.05) is 68.5 Å². The van der Waals surface area contributed by atoms with Gasteiger partial charge in [0.05, 0.1) is 59.2 Å². The van der Waals surface area contributed by atoms with Crippen molar-refractivity contribution >= 4 is 39.9 Å². The fourth-order valence-corrected chi connectivity index (χ4v) is 6.20. The molecule has 0 aliphatic heterocycles. The van der Waals surface area contributed by atoms with Crippen molar-refractivity contribution < 1.29 is 43.2 Å². The van der Waals surface area contributed by atoms with Crippen molar-refractivity contribution in [3.63, 3.8) is 0 Å². The second kappa shape index (κ2) is 24.0. The summed E-state index contributed by atoms with van der Waals surface area (Å²) in [6.45, 7) is 11.0. The first-order valence-corrected chi connectivity index (χ1v) is 19.5. The van der Waals surface area contributed by atoms with E-state index < -0.39 is 23.3 Å². The minimum atomic E-state index is -1.02. The second-order valence-corrected chi connectivity index (χ2v) is 13.9. The summed E-state index contributed by atoms with van der Waals surface area (Å²) >= 11 is 0. The van der Waals surface area contributed by atoms with Crippen molar-refractivity contribution in [3.05, 3.63) is 84.1 Å².